The van der Waals surface area contributed by atoms with Crippen molar-refractivity contribution in [2.75, 3.05) is 31.1 Å². The van der Waals surface area contributed by atoms with Crippen LogP contribution in [0.5, 0.6) is 0 Å². The Balaban J connectivity index is 1.35. The Labute approximate surface area is 157 Å². The van der Waals surface area contributed by atoms with E-state index in [1.807, 2.05) is 22.7 Å². The van der Waals surface area contributed by atoms with Crippen LogP contribution < -0.4 is 4.90 Å². The zero-order valence-electron chi connectivity index (χ0n) is 14.8. The lowest BCUT2D eigenvalue weighted by Crippen LogP contribution is -2.49. The molecule has 0 spiro atoms. The fraction of sp³-hybridized carbons (Fsp3) is 0.389. The molecular weight excluding hydrogens is 364 g/mol. The number of anilines is 1. The van der Waals surface area contributed by atoms with Gasteiger partial charge in [-0.15, -0.1) is 15.3 Å². The first kappa shape index (κ1) is 16.6. The average molecular weight is 384 g/mol. The molecule has 0 atom stereocenters. The van der Waals surface area contributed by atoms with Crippen LogP contribution in [-0.4, -0.2) is 58.7 Å². The summed E-state index contributed by atoms with van der Waals surface area (Å²) in [5, 5.41) is 13.2. The molecule has 5 rings (SSSR count). The Bertz CT molecular complexity index is 1070. The summed E-state index contributed by atoms with van der Waals surface area (Å²) in [6.45, 7) is 2.08. The van der Waals surface area contributed by atoms with Crippen molar-refractivity contribution in [2.24, 2.45) is 0 Å². The van der Waals surface area contributed by atoms with E-state index in [9.17, 15) is 8.42 Å². The summed E-state index contributed by atoms with van der Waals surface area (Å²) in [5.41, 5.74) is 0.756. The fourth-order valence-electron chi connectivity index (χ4n) is 3.46. The van der Waals surface area contributed by atoms with Gasteiger partial charge in [-0.25, -0.2) is 8.42 Å². The smallest absolute Gasteiger partial charge is 0.243 e. The van der Waals surface area contributed by atoms with Gasteiger partial charge in [0.05, 0.1) is 4.90 Å². The SMILES string of the molecule is O=S(=O)(c1ccccc1)N1CCN(c2ccc3nnc(C4CC4)n3n2)CC1. The fourth-order valence-corrected chi connectivity index (χ4v) is 4.90. The van der Waals surface area contributed by atoms with Gasteiger partial charge in [0, 0.05) is 32.1 Å². The highest BCUT2D eigenvalue weighted by atomic mass is 32.2. The van der Waals surface area contributed by atoms with Gasteiger partial charge in [-0.1, -0.05) is 18.2 Å². The van der Waals surface area contributed by atoms with Gasteiger partial charge in [-0.3, -0.25) is 0 Å². The predicted molar refractivity (Wildman–Crippen MR) is 100 cm³/mol. The van der Waals surface area contributed by atoms with Gasteiger partial charge in [-0.2, -0.15) is 8.82 Å². The molecule has 1 saturated carbocycles. The number of sulfonamides is 1. The third-order valence-corrected chi connectivity index (χ3v) is 7.07. The van der Waals surface area contributed by atoms with E-state index in [1.165, 1.54) is 0 Å². The number of rotatable bonds is 4. The van der Waals surface area contributed by atoms with Crippen molar-refractivity contribution in [3.05, 3.63) is 48.3 Å². The summed E-state index contributed by atoms with van der Waals surface area (Å²) < 4.78 is 28.9. The minimum Gasteiger partial charge on any atom is -0.353 e. The minimum absolute atomic E-state index is 0.344. The molecule has 2 fully saturated rings. The summed E-state index contributed by atoms with van der Waals surface area (Å²) in [7, 11) is -3.44. The molecule has 1 aromatic carbocycles. The van der Waals surface area contributed by atoms with Gasteiger partial charge >= 0.3 is 0 Å². The second-order valence-corrected chi connectivity index (χ2v) is 8.94. The van der Waals surface area contributed by atoms with Crippen LogP contribution in [0.3, 0.4) is 0 Å². The molecule has 3 heterocycles. The van der Waals surface area contributed by atoms with Gasteiger partial charge in [0.2, 0.25) is 10.0 Å². The monoisotopic (exact) mass is 384 g/mol. The molecule has 0 unspecified atom stereocenters. The Morgan fingerprint density at radius 1 is 0.889 bits per heavy atom. The van der Waals surface area contributed by atoms with Gasteiger partial charge in [0.1, 0.15) is 5.82 Å². The Morgan fingerprint density at radius 2 is 1.63 bits per heavy atom. The van der Waals surface area contributed by atoms with E-state index in [-0.39, 0.29) is 0 Å². The lowest BCUT2D eigenvalue weighted by Gasteiger charge is -2.34. The van der Waals surface area contributed by atoms with Gasteiger partial charge in [0.15, 0.2) is 11.5 Å². The summed E-state index contributed by atoms with van der Waals surface area (Å²) in [6, 6.07) is 12.5. The molecule has 8 nitrogen and oxygen atoms in total. The first-order valence-corrected chi connectivity index (χ1v) is 10.6. The number of nitrogens with zero attached hydrogens (tertiary/aromatic N) is 6. The highest BCUT2D eigenvalue weighted by Crippen LogP contribution is 2.38. The van der Waals surface area contributed by atoms with Crippen molar-refractivity contribution in [3.8, 4) is 0 Å². The molecule has 1 aliphatic carbocycles. The predicted octanol–water partition coefficient (Wildman–Crippen LogP) is 1.51. The first-order valence-electron chi connectivity index (χ1n) is 9.15. The number of benzene rings is 1. The highest BCUT2D eigenvalue weighted by molar-refractivity contribution is 7.89. The summed E-state index contributed by atoms with van der Waals surface area (Å²) in [6.07, 6.45) is 2.28. The van der Waals surface area contributed by atoms with Crippen LogP contribution >= 0.6 is 0 Å². The molecule has 1 saturated heterocycles. The quantitative estimate of drug-likeness (QED) is 0.678. The van der Waals surface area contributed by atoms with Crippen LogP contribution in [0.4, 0.5) is 5.82 Å². The van der Waals surface area contributed by atoms with E-state index in [0.29, 0.717) is 37.0 Å². The lowest BCUT2D eigenvalue weighted by atomic mass is 10.3. The van der Waals surface area contributed by atoms with E-state index >= 15 is 0 Å². The second kappa shape index (κ2) is 6.28. The van der Waals surface area contributed by atoms with E-state index < -0.39 is 10.0 Å². The third-order valence-electron chi connectivity index (χ3n) is 5.16. The van der Waals surface area contributed by atoms with Crippen LogP contribution in [0.15, 0.2) is 47.4 Å². The maximum Gasteiger partial charge on any atom is 0.243 e. The van der Waals surface area contributed by atoms with Crippen molar-refractivity contribution < 1.29 is 8.42 Å². The maximum atomic E-state index is 12.8. The molecule has 27 heavy (non-hydrogen) atoms. The average Bonchev–Trinajstić information content (AvgIpc) is 3.47. The Morgan fingerprint density at radius 3 is 2.33 bits per heavy atom. The van der Waals surface area contributed by atoms with Crippen molar-refractivity contribution >= 4 is 21.5 Å². The Kier molecular flexibility index (Phi) is 3.87. The maximum absolute atomic E-state index is 12.8. The molecule has 140 valence electrons. The van der Waals surface area contributed by atoms with E-state index in [2.05, 4.69) is 15.1 Å². The van der Waals surface area contributed by atoms with E-state index in [0.717, 1.165) is 30.1 Å². The third kappa shape index (κ3) is 2.96. The number of piperazine rings is 1. The van der Waals surface area contributed by atoms with Crippen LogP contribution in [-0.2, 0) is 10.0 Å². The van der Waals surface area contributed by atoms with Crippen molar-refractivity contribution in [2.45, 2.75) is 23.7 Å². The van der Waals surface area contributed by atoms with E-state index in [4.69, 9.17) is 5.10 Å². The van der Waals surface area contributed by atoms with E-state index in [1.54, 1.807) is 28.6 Å². The highest BCUT2D eigenvalue weighted by Gasteiger charge is 2.31. The molecule has 9 heteroatoms. The lowest BCUT2D eigenvalue weighted by molar-refractivity contribution is 0.383. The van der Waals surface area contributed by atoms with Gasteiger partial charge in [-0.05, 0) is 37.1 Å². The normalized spacial score (nSPS) is 18.9. The Hall–Kier alpha value is -2.52. The molecular formula is C18H20N6O2S. The zero-order valence-corrected chi connectivity index (χ0v) is 15.6. The number of fused-ring (bicyclic) bond motifs is 1. The van der Waals surface area contributed by atoms with Crippen molar-refractivity contribution in [3.63, 3.8) is 0 Å². The molecule has 0 amide bonds. The summed E-state index contributed by atoms with van der Waals surface area (Å²) >= 11 is 0. The molecule has 0 radical (unpaired) electrons. The zero-order chi connectivity index (χ0) is 18.4. The molecule has 2 aliphatic rings. The minimum atomic E-state index is -3.44. The summed E-state index contributed by atoms with van der Waals surface area (Å²) in [5.74, 6) is 2.23. The second-order valence-electron chi connectivity index (χ2n) is 7.00. The van der Waals surface area contributed by atoms with Crippen LogP contribution in [0.25, 0.3) is 5.65 Å². The van der Waals surface area contributed by atoms with Crippen LogP contribution in [0.2, 0.25) is 0 Å². The topological polar surface area (TPSA) is 83.7 Å². The molecule has 0 N–H and O–H groups in total. The van der Waals surface area contributed by atoms with Gasteiger partial charge in [0.25, 0.3) is 0 Å². The standard InChI is InChI=1S/C18H20N6O2S/c25-27(26,15-4-2-1-3-5-15)23-12-10-22(11-13-23)17-9-8-16-19-20-18(14-6-7-14)24(16)21-17/h1-5,8-9,14H,6-7,10-13H2. The van der Waals surface area contributed by atoms with Crippen LogP contribution in [0, 0.1) is 0 Å². The number of aromatic nitrogens is 4. The molecule has 1 aliphatic heterocycles. The molecule has 0 bridgehead atoms. The first-order chi connectivity index (χ1) is 13.1. The van der Waals surface area contributed by atoms with Crippen molar-refractivity contribution in [1.29, 1.82) is 0 Å². The summed E-state index contributed by atoms with van der Waals surface area (Å²) in [4.78, 5) is 2.46. The number of hydrogen-bond donors (Lipinski definition) is 0. The molecule has 3 aromatic rings. The van der Waals surface area contributed by atoms with Crippen LogP contribution in [0.1, 0.15) is 24.6 Å². The largest absolute Gasteiger partial charge is 0.353 e. The number of hydrogen-bond acceptors (Lipinski definition) is 6. The van der Waals surface area contributed by atoms with Gasteiger partial charge < -0.3 is 4.90 Å². The van der Waals surface area contributed by atoms with Crippen molar-refractivity contribution in [1.82, 2.24) is 24.1 Å². The molecule has 2 aromatic heterocycles.